The maximum absolute atomic E-state index is 14.5. The van der Waals surface area contributed by atoms with E-state index in [0.29, 0.717) is 17.7 Å². The maximum Gasteiger partial charge on any atom is 0.440 e. The molecule has 0 aliphatic carbocycles. The summed E-state index contributed by atoms with van der Waals surface area (Å²) in [5.41, 5.74) is -9.23. The number of aryl methyl sites for hydroxylation is 2. The average Bonchev–Trinajstić information content (AvgIpc) is 2.80. The number of nitrogens with zero attached hydrogens (tertiary/aromatic N) is 1. The number of rotatable bonds is 7. The van der Waals surface area contributed by atoms with Gasteiger partial charge in [0.25, 0.3) is 11.8 Å². The first kappa shape index (κ1) is 36.7. The van der Waals surface area contributed by atoms with Gasteiger partial charge in [-0.05, 0) is 78.0 Å². The van der Waals surface area contributed by atoms with Crippen LogP contribution in [-0.2, 0) is 21.1 Å². The fourth-order valence-electron chi connectivity index (χ4n) is 4.22. The van der Waals surface area contributed by atoms with E-state index in [1.54, 1.807) is 53.9 Å². The molecule has 0 saturated carbocycles. The molecule has 15 heteroatoms. The van der Waals surface area contributed by atoms with Crippen molar-refractivity contribution in [2.45, 2.75) is 77.6 Å². The lowest BCUT2D eigenvalue weighted by Gasteiger charge is -2.30. The van der Waals surface area contributed by atoms with Gasteiger partial charge in [-0.15, -0.1) is 0 Å². The molecule has 0 radical (unpaired) electrons. The highest BCUT2D eigenvalue weighted by atomic mass is 32.2. The zero-order valence-corrected chi connectivity index (χ0v) is 26.1. The summed E-state index contributed by atoms with van der Waals surface area (Å²) in [6.45, 7) is 11.1. The first-order valence-electron chi connectivity index (χ1n) is 13.0. The van der Waals surface area contributed by atoms with Gasteiger partial charge in [-0.1, -0.05) is 35.0 Å². The molecule has 0 saturated heterocycles. The fraction of sp³-hybridized carbons (Fsp3) is 0.483. The summed E-state index contributed by atoms with van der Waals surface area (Å²) < 4.78 is 103. The predicted molar refractivity (Wildman–Crippen MR) is 154 cm³/mol. The van der Waals surface area contributed by atoms with Crippen molar-refractivity contribution >= 4 is 34.3 Å². The van der Waals surface area contributed by atoms with Crippen molar-refractivity contribution in [1.29, 1.82) is 0 Å². The minimum atomic E-state index is -6.29. The number of halogens is 7. The summed E-state index contributed by atoms with van der Waals surface area (Å²) in [7, 11) is -0.857. The van der Waals surface area contributed by atoms with Gasteiger partial charge in [-0.25, -0.2) is 9.18 Å². The third-order valence-corrected chi connectivity index (χ3v) is 7.64. The van der Waals surface area contributed by atoms with Crippen LogP contribution < -0.4 is 10.6 Å². The summed E-state index contributed by atoms with van der Waals surface area (Å²) in [6, 6.07) is 5.73. The molecule has 44 heavy (non-hydrogen) atoms. The number of nitrogens with one attached hydrogen (secondary N) is 2. The lowest BCUT2D eigenvalue weighted by Crippen LogP contribution is -2.50. The largest absolute Gasteiger partial charge is 0.442 e. The Morgan fingerprint density at radius 2 is 1.41 bits per heavy atom. The second-order valence-corrected chi connectivity index (χ2v) is 13.5. The molecule has 0 aliphatic rings. The lowest BCUT2D eigenvalue weighted by molar-refractivity contribution is -0.348. The molecule has 7 nitrogen and oxygen atoms in total. The third-order valence-electron chi connectivity index (χ3n) is 6.04. The van der Waals surface area contributed by atoms with E-state index in [2.05, 4.69) is 15.0 Å². The van der Waals surface area contributed by atoms with Crippen LogP contribution in [0.15, 0.2) is 40.8 Å². The van der Waals surface area contributed by atoms with Crippen molar-refractivity contribution in [3.8, 4) is 0 Å². The topological polar surface area (TPSA) is 96.9 Å². The second-order valence-electron chi connectivity index (χ2n) is 11.8. The van der Waals surface area contributed by atoms with Gasteiger partial charge in [0.15, 0.2) is 0 Å². The van der Waals surface area contributed by atoms with Crippen LogP contribution in [0.1, 0.15) is 72.0 Å². The van der Waals surface area contributed by atoms with Gasteiger partial charge in [-0.2, -0.15) is 30.7 Å². The Bertz CT molecular complexity index is 1450. The molecule has 2 rings (SSSR count). The molecule has 244 valence electrons. The molecule has 0 aromatic heterocycles. The monoisotopic (exact) mass is 653 g/mol. The summed E-state index contributed by atoms with van der Waals surface area (Å²) >= 11 is 0. The fourth-order valence-corrected chi connectivity index (χ4v) is 5.70. The van der Waals surface area contributed by atoms with Crippen molar-refractivity contribution in [1.82, 2.24) is 5.32 Å². The van der Waals surface area contributed by atoms with Gasteiger partial charge in [-0.3, -0.25) is 9.59 Å². The van der Waals surface area contributed by atoms with Crippen molar-refractivity contribution in [3.05, 3.63) is 64.2 Å². The summed E-state index contributed by atoms with van der Waals surface area (Å²) in [5.74, 6) is -1.30. The quantitative estimate of drug-likeness (QED) is 0.299. The zero-order chi connectivity index (χ0) is 34.1. The van der Waals surface area contributed by atoms with Crippen molar-refractivity contribution in [2.75, 3.05) is 17.3 Å². The van der Waals surface area contributed by atoms with Gasteiger partial charge in [0, 0.05) is 22.5 Å². The number of carbonyl (C=O) groups excluding carboxylic acids is 3. The first-order chi connectivity index (χ1) is 19.8. The van der Waals surface area contributed by atoms with Crippen LogP contribution in [-0.4, -0.2) is 53.4 Å². The Morgan fingerprint density at radius 3 is 1.91 bits per heavy atom. The van der Waals surface area contributed by atoms with Gasteiger partial charge in [0.05, 0.1) is 11.1 Å². The van der Waals surface area contributed by atoms with E-state index in [9.17, 15) is 45.1 Å². The van der Waals surface area contributed by atoms with E-state index >= 15 is 0 Å². The summed E-state index contributed by atoms with van der Waals surface area (Å²) in [6.07, 6.45) is -11.6. The molecule has 0 aliphatic heterocycles. The molecule has 2 N–H and O–H groups in total. The minimum absolute atomic E-state index is 0.0377. The molecule has 2 aromatic rings. The van der Waals surface area contributed by atoms with E-state index in [0.717, 1.165) is 13.0 Å². The zero-order valence-electron chi connectivity index (χ0n) is 25.3. The van der Waals surface area contributed by atoms with E-state index < -0.39 is 63.3 Å². The first-order valence-corrected chi connectivity index (χ1v) is 14.8. The molecule has 1 atom stereocenters. The molecule has 0 fully saturated rings. The number of alkyl halides is 7. The van der Waals surface area contributed by atoms with E-state index in [-0.39, 0.29) is 28.1 Å². The molecule has 3 amide bonds. The Labute approximate surface area is 253 Å². The summed E-state index contributed by atoms with van der Waals surface area (Å²) in [4.78, 5) is 38.7. The molecular weight excluding hydrogens is 619 g/mol. The van der Waals surface area contributed by atoms with Crippen molar-refractivity contribution < 1.29 is 49.9 Å². The van der Waals surface area contributed by atoms with Gasteiger partial charge >= 0.3 is 24.1 Å². The number of ether oxygens (including phenoxy) is 1. The molecule has 0 heterocycles. The molecule has 2 aromatic carbocycles. The highest BCUT2D eigenvalue weighted by Gasteiger charge is 2.73. The Morgan fingerprint density at radius 1 is 0.841 bits per heavy atom. The van der Waals surface area contributed by atoms with Crippen LogP contribution in [0.5, 0.6) is 0 Å². The average molecular weight is 654 g/mol. The standard InChI is InChI=1S/C29H34F7N3O4S/c1-16-10-9-11-19(21(16)23(41)38-26(6,7)15-44(8)39-24(42)43-25(3,4)5)22(40)37-20-13-12-18(14-17(20)2)27(30,28(31,32)33)29(34,35)36/h9-14H,15H2,1-8H3,(H,37,40)(H,38,41). The second kappa shape index (κ2) is 12.9. The number of hydrogen-bond donors (Lipinski definition) is 2. The number of benzene rings is 2. The van der Waals surface area contributed by atoms with E-state index in [4.69, 9.17) is 4.74 Å². The Kier molecular flexibility index (Phi) is 10.7. The molecule has 1 unspecified atom stereocenters. The van der Waals surface area contributed by atoms with Gasteiger partial charge < -0.3 is 15.4 Å². The highest BCUT2D eigenvalue weighted by Crippen LogP contribution is 2.53. The van der Waals surface area contributed by atoms with Crippen LogP contribution in [0, 0.1) is 13.8 Å². The lowest BCUT2D eigenvalue weighted by atomic mass is 9.92. The van der Waals surface area contributed by atoms with Crippen LogP contribution in [0.4, 0.5) is 41.2 Å². The number of hydrogen-bond acceptors (Lipinski definition) is 4. The van der Waals surface area contributed by atoms with Gasteiger partial charge in [0.2, 0.25) is 0 Å². The van der Waals surface area contributed by atoms with Crippen molar-refractivity contribution in [2.24, 2.45) is 4.36 Å². The SMILES string of the molecule is Cc1cc(C(F)(C(F)(F)F)C(F)(F)F)ccc1NC(=O)c1cccc(C)c1C(=O)NC(C)(C)CS(C)=NC(=O)OC(C)(C)C. The van der Waals surface area contributed by atoms with E-state index in [1.807, 2.05) is 0 Å². The van der Waals surface area contributed by atoms with Crippen LogP contribution in [0.25, 0.3) is 0 Å². The number of anilines is 1. The number of carbonyl (C=O) groups is 3. The smallest absolute Gasteiger partial charge is 0.440 e. The molecule has 0 bridgehead atoms. The molecule has 0 spiro atoms. The summed E-state index contributed by atoms with van der Waals surface area (Å²) in [5, 5.41) is 5.18. The highest BCUT2D eigenvalue weighted by molar-refractivity contribution is 7.86. The van der Waals surface area contributed by atoms with Crippen LogP contribution >= 0.6 is 0 Å². The maximum atomic E-state index is 14.5. The number of amides is 3. The third kappa shape index (κ3) is 8.79. The molecular formula is C29H34F7N3O4S. The van der Waals surface area contributed by atoms with E-state index in [1.165, 1.54) is 12.1 Å². The van der Waals surface area contributed by atoms with Gasteiger partial charge in [0.1, 0.15) is 5.60 Å². The Hall–Kier alpha value is -3.49. The van der Waals surface area contributed by atoms with Crippen LogP contribution in [0.3, 0.4) is 0 Å². The normalized spacial score (nSPS) is 13.8. The van der Waals surface area contributed by atoms with Crippen molar-refractivity contribution in [3.63, 3.8) is 0 Å². The Balaban J connectivity index is 2.34. The predicted octanol–water partition coefficient (Wildman–Crippen LogP) is 7.72. The minimum Gasteiger partial charge on any atom is -0.442 e. The van der Waals surface area contributed by atoms with Crippen LogP contribution in [0.2, 0.25) is 0 Å².